The van der Waals surface area contributed by atoms with Crippen molar-refractivity contribution >= 4 is 22.1 Å². The zero-order valence-corrected chi connectivity index (χ0v) is 17.5. The molecule has 3 heteroatoms. The number of aromatic nitrogens is 2. The maximum absolute atomic E-state index is 6.30. The van der Waals surface area contributed by atoms with Gasteiger partial charge in [-0.05, 0) is 47.7 Å². The number of para-hydroxylation sites is 1. The van der Waals surface area contributed by atoms with E-state index in [0.717, 1.165) is 38.9 Å². The molecule has 1 atom stereocenters. The number of furan rings is 1. The van der Waals surface area contributed by atoms with Crippen molar-refractivity contribution in [2.45, 2.75) is 26.7 Å². The van der Waals surface area contributed by atoms with Gasteiger partial charge in [0, 0.05) is 28.1 Å². The van der Waals surface area contributed by atoms with Crippen molar-refractivity contribution in [1.82, 2.24) is 9.97 Å². The molecule has 1 unspecified atom stereocenters. The lowest BCUT2D eigenvalue weighted by molar-refractivity contribution is 0.535. The maximum atomic E-state index is 6.30. The molecule has 3 nitrogen and oxygen atoms in total. The van der Waals surface area contributed by atoms with Crippen molar-refractivity contribution in [1.29, 1.82) is 0 Å². The van der Waals surface area contributed by atoms with E-state index in [-0.39, 0.29) is 0 Å². The van der Waals surface area contributed by atoms with Crippen LogP contribution in [0.15, 0.2) is 83.4 Å². The second-order valence-corrected chi connectivity index (χ2v) is 8.21. The van der Waals surface area contributed by atoms with Gasteiger partial charge in [0.25, 0.3) is 0 Å². The van der Waals surface area contributed by atoms with Gasteiger partial charge in [0.15, 0.2) is 0 Å². The molecular formula is C27H24N2O. The van der Waals surface area contributed by atoms with E-state index in [9.17, 15) is 0 Å². The lowest BCUT2D eigenvalue weighted by atomic mass is 9.90. The van der Waals surface area contributed by atoms with Crippen molar-refractivity contribution in [2.75, 3.05) is 0 Å². The van der Waals surface area contributed by atoms with Gasteiger partial charge in [0.1, 0.15) is 5.58 Å². The molecule has 0 saturated heterocycles. The van der Waals surface area contributed by atoms with Gasteiger partial charge in [0.2, 0.25) is 5.71 Å². The van der Waals surface area contributed by atoms with Crippen molar-refractivity contribution in [3.63, 3.8) is 0 Å². The predicted molar refractivity (Wildman–Crippen MR) is 123 cm³/mol. The number of pyridine rings is 2. The molecule has 0 bridgehead atoms. The van der Waals surface area contributed by atoms with Crippen molar-refractivity contribution in [3.8, 4) is 22.5 Å². The molecule has 3 aromatic heterocycles. The molecule has 0 saturated carbocycles. The first-order valence-electron chi connectivity index (χ1n) is 10.5. The molecular weight excluding hydrogens is 368 g/mol. The third-order valence-electron chi connectivity index (χ3n) is 6.02. The smallest absolute Gasteiger partial charge is 0.227 e. The summed E-state index contributed by atoms with van der Waals surface area (Å²) < 4.78 is 6.30. The molecule has 5 aromatic rings. The normalized spacial score (nSPS) is 12.7. The molecule has 148 valence electrons. The molecule has 0 aliphatic rings. The van der Waals surface area contributed by atoms with Gasteiger partial charge in [-0.1, -0.05) is 63.2 Å². The monoisotopic (exact) mass is 392 g/mol. The summed E-state index contributed by atoms with van der Waals surface area (Å²) in [6, 6.07) is 24.9. The molecule has 0 N–H and O–H groups in total. The summed E-state index contributed by atoms with van der Waals surface area (Å²) in [4.78, 5) is 9.46. The third-order valence-corrected chi connectivity index (χ3v) is 6.02. The quantitative estimate of drug-likeness (QED) is 0.318. The van der Waals surface area contributed by atoms with Gasteiger partial charge in [-0.15, -0.1) is 0 Å². The SMILES string of the molecule is CC(C)C(C)c1ccnc(-c2cccc3c2oc2nc(-c4ccccc4)ccc23)c1. The molecule has 2 aromatic carbocycles. The maximum Gasteiger partial charge on any atom is 0.227 e. The predicted octanol–water partition coefficient (Wildman–Crippen LogP) is 7.47. The van der Waals surface area contributed by atoms with Gasteiger partial charge >= 0.3 is 0 Å². The average Bonchev–Trinajstić information content (AvgIpc) is 3.17. The first-order chi connectivity index (χ1) is 14.6. The zero-order chi connectivity index (χ0) is 20.7. The molecule has 0 amide bonds. The number of hydrogen-bond acceptors (Lipinski definition) is 3. The second kappa shape index (κ2) is 7.42. The fourth-order valence-electron chi connectivity index (χ4n) is 3.91. The van der Waals surface area contributed by atoms with Gasteiger partial charge in [-0.2, -0.15) is 0 Å². The number of benzene rings is 2. The highest BCUT2D eigenvalue weighted by Gasteiger charge is 2.16. The number of fused-ring (bicyclic) bond motifs is 3. The second-order valence-electron chi connectivity index (χ2n) is 8.21. The highest BCUT2D eigenvalue weighted by molar-refractivity contribution is 6.08. The average molecular weight is 393 g/mol. The molecule has 0 radical (unpaired) electrons. The summed E-state index contributed by atoms with van der Waals surface area (Å²) in [6.45, 7) is 6.77. The Labute approximate surface area is 176 Å². The van der Waals surface area contributed by atoms with Crippen LogP contribution in [0, 0.1) is 5.92 Å². The van der Waals surface area contributed by atoms with Crippen LogP contribution < -0.4 is 0 Å². The van der Waals surface area contributed by atoms with Crippen LogP contribution in [0.4, 0.5) is 0 Å². The molecule has 0 fully saturated rings. The standard InChI is InChI=1S/C27H24N2O/c1-17(2)18(3)20-14-15-28-25(16-20)23-11-7-10-21-22-12-13-24(19-8-5-4-6-9-19)29-27(22)30-26(21)23/h4-18H,1-3H3. The molecule has 5 rings (SSSR count). The summed E-state index contributed by atoms with van der Waals surface area (Å²) in [6.07, 6.45) is 1.90. The summed E-state index contributed by atoms with van der Waals surface area (Å²) in [5.41, 5.74) is 6.73. The number of hydrogen-bond donors (Lipinski definition) is 0. The Morgan fingerprint density at radius 2 is 1.60 bits per heavy atom. The topological polar surface area (TPSA) is 38.9 Å². The van der Waals surface area contributed by atoms with Crippen LogP contribution in [0.1, 0.15) is 32.3 Å². The third kappa shape index (κ3) is 3.17. The van der Waals surface area contributed by atoms with E-state index >= 15 is 0 Å². The van der Waals surface area contributed by atoms with E-state index in [2.05, 4.69) is 80.4 Å². The minimum Gasteiger partial charge on any atom is -0.437 e. The van der Waals surface area contributed by atoms with Gasteiger partial charge in [-0.3, -0.25) is 4.98 Å². The largest absolute Gasteiger partial charge is 0.437 e. The van der Waals surface area contributed by atoms with E-state index < -0.39 is 0 Å². The minimum atomic E-state index is 0.469. The van der Waals surface area contributed by atoms with Gasteiger partial charge < -0.3 is 4.42 Å². The summed E-state index contributed by atoms with van der Waals surface area (Å²) >= 11 is 0. The lowest BCUT2D eigenvalue weighted by Gasteiger charge is -2.16. The van der Waals surface area contributed by atoms with E-state index in [0.29, 0.717) is 17.5 Å². The molecule has 0 spiro atoms. The summed E-state index contributed by atoms with van der Waals surface area (Å²) in [5.74, 6) is 1.04. The van der Waals surface area contributed by atoms with E-state index in [1.807, 2.05) is 24.4 Å². The Hall–Kier alpha value is -3.46. The van der Waals surface area contributed by atoms with Crippen LogP contribution >= 0.6 is 0 Å². The van der Waals surface area contributed by atoms with Crippen LogP contribution in [-0.4, -0.2) is 9.97 Å². The van der Waals surface area contributed by atoms with Gasteiger partial charge in [0.05, 0.1) is 11.4 Å². The fraction of sp³-hybridized carbons (Fsp3) is 0.185. The van der Waals surface area contributed by atoms with Crippen LogP contribution in [0.5, 0.6) is 0 Å². The van der Waals surface area contributed by atoms with Crippen molar-refractivity contribution in [3.05, 3.63) is 84.6 Å². The molecule has 0 aliphatic carbocycles. The summed E-state index contributed by atoms with van der Waals surface area (Å²) in [5, 5.41) is 2.09. The van der Waals surface area contributed by atoms with Gasteiger partial charge in [-0.25, -0.2) is 4.98 Å². The van der Waals surface area contributed by atoms with Crippen molar-refractivity contribution < 1.29 is 4.42 Å². The first-order valence-corrected chi connectivity index (χ1v) is 10.5. The van der Waals surface area contributed by atoms with Crippen LogP contribution in [-0.2, 0) is 0 Å². The number of nitrogens with zero attached hydrogens (tertiary/aromatic N) is 2. The Morgan fingerprint density at radius 1 is 0.767 bits per heavy atom. The zero-order valence-electron chi connectivity index (χ0n) is 17.5. The van der Waals surface area contributed by atoms with E-state index in [4.69, 9.17) is 9.40 Å². The Morgan fingerprint density at radius 3 is 2.40 bits per heavy atom. The Kier molecular flexibility index (Phi) is 4.59. The summed E-state index contributed by atoms with van der Waals surface area (Å²) in [7, 11) is 0. The Balaban J connectivity index is 1.66. The fourth-order valence-corrected chi connectivity index (χ4v) is 3.91. The number of rotatable bonds is 4. The van der Waals surface area contributed by atoms with Crippen LogP contribution in [0.25, 0.3) is 44.6 Å². The van der Waals surface area contributed by atoms with E-state index in [1.165, 1.54) is 5.56 Å². The molecule has 0 aliphatic heterocycles. The molecule has 30 heavy (non-hydrogen) atoms. The van der Waals surface area contributed by atoms with Crippen LogP contribution in [0.3, 0.4) is 0 Å². The highest BCUT2D eigenvalue weighted by Crippen LogP contribution is 2.36. The van der Waals surface area contributed by atoms with Crippen LogP contribution in [0.2, 0.25) is 0 Å². The lowest BCUT2D eigenvalue weighted by Crippen LogP contribution is -2.02. The minimum absolute atomic E-state index is 0.469. The highest BCUT2D eigenvalue weighted by atomic mass is 16.3. The Bertz CT molecular complexity index is 1340. The van der Waals surface area contributed by atoms with E-state index in [1.54, 1.807) is 0 Å². The molecule has 3 heterocycles. The first kappa shape index (κ1) is 18.6. The van der Waals surface area contributed by atoms with Crippen molar-refractivity contribution in [2.24, 2.45) is 5.92 Å².